The first-order valence-corrected chi connectivity index (χ1v) is 15.4. The van der Waals surface area contributed by atoms with Crippen LogP contribution >= 0.6 is 11.8 Å². The van der Waals surface area contributed by atoms with Gasteiger partial charge in [0.2, 0.25) is 17.7 Å². The first kappa shape index (κ1) is 29.3. The van der Waals surface area contributed by atoms with E-state index in [-0.39, 0.29) is 6.42 Å². The Labute approximate surface area is 241 Å². The smallest absolute Gasteiger partial charge is 0.334 e. The van der Waals surface area contributed by atoms with E-state index in [0.29, 0.717) is 5.56 Å². The summed E-state index contributed by atoms with van der Waals surface area (Å²) in [6, 6.07) is 4.35. The van der Waals surface area contributed by atoms with Crippen LogP contribution in [0.2, 0.25) is 0 Å². The van der Waals surface area contributed by atoms with Crippen molar-refractivity contribution in [3.63, 3.8) is 0 Å². The zero-order valence-corrected chi connectivity index (χ0v) is 24.7. The van der Waals surface area contributed by atoms with Crippen LogP contribution in [0.3, 0.4) is 0 Å². The van der Waals surface area contributed by atoms with E-state index in [1.165, 1.54) is 37.4 Å². The number of hydrogen-bond donors (Lipinski definition) is 2. The first-order valence-electron chi connectivity index (χ1n) is 12.9. The van der Waals surface area contributed by atoms with Gasteiger partial charge in [-0.05, 0) is 33.3 Å². The average Bonchev–Trinajstić information content (AvgIpc) is 3.22. The molecule has 41 heavy (non-hydrogen) atoms. The van der Waals surface area contributed by atoms with E-state index in [0.717, 1.165) is 4.90 Å². The Hall–Kier alpha value is -3.17. The number of rotatable bonds is 7. The number of nitrogens with one attached hydrogen (secondary N) is 1. The van der Waals surface area contributed by atoms with Crippen molar-refractivity contribution in [3.8, 4) is 0 Å². The van der Waals surface area contributed by atoms with E-state index in [2.05, 4.69) is 5.32 Å². The second-order valence-electron chi connectivity index (χ2n) is 11.5. The van der Waals surface area contributed by atoms with Gasteiger partial charge in [-0.2, -0.15) is 0 Å². The third-order valence-electron chi connectivity index (χ3n) is 8.09. The van der Waals surface area contributed by atoms with Gasteiger partial charge in [-0.1, -0.05) is 30.3 Å². The van der Waals surface area contributed by atoms with Gasteiger partial charge in [0.25, 0.3) is 0 Å². The van der Waals surface area contributed by atoms with Gasteiger partial charge in [0.05, 0.1) is 11.2 Å². The second kappa shape index (κ2) is 9.70. The molecule has 6 atom stereocenters. The minimum absolute atomic E-state index is 0.202. The molecule has 4 aliphatic heterocycles. The number of nitrogens with zero attached hydrogens (tertiary/aromatic N) is 2. The Balaban J connectivity index is 1.22. The molecule has 4 fully saturated rings. The Bertz CT molecular complexity index is 1430. The van der Waals surface area contributed by atoms with E-state index in [4.69, 9.17) is 15.2 Å². The minimum Gasteiger partial charge on any atom is -0.413 e. The van der Waals surface area contributed by atoms with E-state index in [1.807, 2.05) is 0 Å². The van der Waals surface area contributed by atoms with Gasteiger partial charge in [-0.25, -0.2) is 18.0 Å². The van der Waals surface area contributed by atoms with Crippen LogP contribution in [0, 0.1) is 6.29 Å². The Kier molecular flexibility index (Phi) is 6.94. The number of β-lactam (4-membered cyclic amide) rings is 2. The summed E-state index contributed by atoms with van der Waals surface area (Å²) in [5, 5.41) is 1.04. The Morgan fingerprint density at radius 3 is 2.20 bits per heavy atom. The predicted molar refractivity (Wildman–Crippen MR) is 145 cm³/mol. The molecule has 0 spiro atoms. The van der Waals surface area contributed by atoms with Crippen LogP contribution in [0.25, 0.3) is 0 Å². The van der Waals surface area contributed by atoms with Crippen molar-refractivity contribution >= 4 is 51.3 Å². The van der Waals surface area contributed by atoms with Crippen molar-refractivity contribution in [1.29, 1.82) is 0 Å². The summed E-state index contributed by atoms with van der Waals surface area (Å²) in [4.78, 5) is 66.5. The van der Waals surface area contributed by atoms with Crippen LogP contribution < -0.4 is 11.1 Å². The van der Waals surface area contributed by atoms with Gasteiger partial charge in [0, 0.05) is 11.7 Å². The van der Waals surface area contributed by atoms with Crippen molar-refractivity contribution in [2.75, 3.05) is 0 Å². The number of carbonyl (C=O) groups excluding carboxylic acids is 5. The fourth-order valence-electron chi connectivity index (χ4n) is 5.81. The molecule has 1 aromatic rings. The summed E-state index contributed by atoms with van der Waals surface area (Å²) in [7, 11) is -3.82. The van der Waals surface area contributed by atoms with Gasteiger partial charge in [0.1, 0.15) is 34.9 Å². The van der Waals surface area contributed by atoms with Crippen molar-refractivity contribution < 1.29 is 41.9 Å². The highest BCUT2D eigenvalue weighted by molar-refractivity contribution is 8.01. The Morgan fingerprint density at radius 2 is 1.61 bits per heavy atom. The highest BCUT2D eigenvalue weighted by atomic mass is 32.2. The number of carbonyl (C=O) groups is 5. The maximum absolute atomic E-state index is 13.2. The lowest BCUT2D eigenvalue weighted by molar-refractivity contribution is -0.178. The van der Waals surface area contributed by atoms with Gasteiger partial charge in [-0.3, -0.25) is 14.4 Å². The minimum atomic E-state index is -3.82. The van der Waals surface area contributed by atoms with Crippen LogP contribution in [0.5, 0.6) is 0 Å². The molecular weight excluding hydrogens is 576 g/mol. The molecular formula is C26H31N4O9S2. The fourth-order valence-corrected chi connectivity index (χ4v) is 9.55. The first-order chi connectivity index (χ1) is 19.0. The Morgan fingerprint density at radius 1 is 1.02 bits per heavy atom. The number of benzene rings is 1. The molecule has 13 nitrogen and oxygen atoms in total. The molecule has 4 heterocycles. The van der Waals surface area contributed by atoms with Crippen LogP contribution in [0.15, 0.2) is 30.3 Å². The molecule has 1 aromatic carbocycles. The molecule has 4 aliphatic rings. The number of fused-ring (bicyclic) bond motifs is 2. The third kappa shape index (κ3) is 4.39. The quantitative estimate of drug-likeness (QED) is 0.313. The molecule has 1 radical (unpaired) electrons. The number of amides is 3. The monoisotopic (exact) mass is 607 g/mol. The molecule has 3 N–H and O–H groups in total. The maximum atomic E-state index is 13.2. The highest BCUT2D eigenvalue weighted by Crippen LogP contribution is 2.51. The highest BCUT2D eigenvalue weighted by Gasteiger charge is 2.69. The fraction of sp³-hybridized carbons (Fsp3) is 0.538. The van der Waals surface area contributed by atoms with Gasteiger partial charge < -0.3 is 30.3 Å². The molecule has 1 unspecified atom stereocenters. The van der Waals surface area contributed by atoms with Gasteiger partial charge in [-0.15, -0.1) is 11.8 Å². The molecule has 0 aliphatic carbocycles. The summed E-state index contributed by atoms with van der Waals surface area (Å²) < 4.78 is 33.7. The van der Waals surface area contributed by atoms with Crippen LogP contribution in [0.4, 0.5) is 0 Å². The van der Waals surface area contributed by atoms with Gasteiger partial charge in [0.15, 0.2) is 9.84 Å². The van der Waals surface area contributed by atoms with E-state index >= 15 is 0 Å². The molecule has 0 aromatic heterocycles. The number of esters is 2. The largest absolute Gasteiger partial charge is 0.413 e. The summed E-state index contributed by atoms with van der Waals surface area (Å²) in [5.74, 6) is -3.42. The summed E-state index contributed by atoms with van der Waals surface area (Å²) in [6.45, 7) is 7.38. The topological polar surface area (TPSA) is 182 Å². The molecule has 4 saturated heterocycles. The second-order valence-corrected chi connectivity index (χ2v) is 15.9. The average molecular weight is 608 g/mol. The van der Waals surface area contributed by atoms with Crippen molar-refractivity contribution in [1.82, 2.24) is 15.1 Å². The van der Waals surface area contributed by atoms with E-state index in [1.54, 1.807) is 44.2 Å². The number of sulfone groups is 1. The predicted octanol–water partition coefficient (Wildman–Crippen LogP) is -0.0367. The molecule has 0 saturated carbocycles. The van der Waals surface area contributed by atoms with Crippen LogP contribution in [-0.2, 0) is 43.3 Å². The lowest BCUT2D eigenvalue weighted by Crippen LogP contribution is -2.71. The lowest BCUT2D eigenvalue weighted by atomic mass is 9.95. The molecule has 15 heteroatoms. The molecule has 5 rings (SSSR count). The van der Waals surface area contributed by atoms with Crippen molar-refractivity contribution in [2.45, 2.75) is 85.4 Å². The normalized spacial score (nSPS) is 31.0. The number of ether oxygens (including phenoxy) is 2. The molecule has 0 bridgehead atoms. The van der Waals surface area contributed by atoms with E-state index in [9.17, 15) is 32.4 Å². The number of hydrogen-bond acceptors (Lipinski definition) is 11. The standard InChI is InChI=1S/C26H31N4O9S2/c1-12(39-24(35)19-26(4,5)41(36,37)15-11-14(31)29(15)19)38-23(34)18-25(2,3)40-22-17(21(33)30(18)22)28-20(32)16(27)13-9-7-6-8-10-13/h6-10,15-19,22H,11,27H2,1-5H3,(H,28,32)/t15-,16?,17-,18+,19+,22-/m1/s1. The van der Waals surface area contributed by atoms with Crippen molar-refractivity contribution in [2.24, 2.45) is 5.73 Å². The SMILES string of the molecule is C[C](OC(=O)[C@@H]1N2C(=O)[C@@H](NC(=O)C(N)c3ccccc3)[C@H]2SC1(C)C)OC(=O)[C@@H]1N2C(=O)C[C@H]2S(=O)(=O)C1(C)C. The number of thioether (sulfide) groups is 1. The maximum Gasteiger partial charge on any atom is 0.334 e. The summed E-state index contributed by atoms with van der Waals surface area (Å²) in [5.41, 5.74) is 6.64. The summed E-state index contributed by atoms with van der Waals surface area (Å²) in [6.07, 6.45) is -0.674. The van der Waals surface area contributed by atoms with Crippen molar-refractivity contribution in [3.05, 3.63) is 42.2 Å². The third-order valence-corrected chi connectivity index (χ3v) is 12.5. The lowest BCUT2D eigenvalue weighted by Gasteiger charge is -2.44. The van der Waals surface area contributed by atoms with Crippen LogP contribution in [0.1, 0.15) is 52.6 Å². The zero-order valence-electron chi connectivity index (χ0n) is 23.0. The molecule has 3 amide bonds. The number of nitrogens with two attached hydrogens (primary N) is 1. The molecule has 221 valence electrons. The van der Waals surface area contributed by atoms with E-state index < -0.39 is 90.2 Å². The zero-order chi connectivity index (χ0) is 30.2. The van der Waals surface area contributed by atoms with Crippen LogP contribution in [-0.4, -0.2) is 86.2 Å². The van der Waals surface area contributed by atoms with Gasteiger partial charge >= 0.3 is 18.2 Å². The summed E-state index contributed by atoms with van der Waals surface area (Å²) >= 11 is 1.31.